The van der Waals surface area contributed by atoms with Crippen LogP contribution in [0.4, 0.5) is 0 Å². The molecule has 1 heterocycles. The third-order valence-corrected chi connectivity index (χ3v) is 11.7. The van der Waals surface area contributed by atoms with Crippen LogP contribution in [0.25, 0.3) is 0 Å². The highest BCUT2D eigenvalue weighted by molar-refractivity contribution is 5.74. The summed E-state index contributed by atoms with van der Waals surface area (Å²) in [7, 11) is 0. The second-order valence-corrected chi connectivity index (χ2v) is 13.1. The molecule has 1 saturated heterocycles. The lowest BCUT2D eigenvalue weighted by molar-refractivity contribution is -0.149. The Bertz CT molecular complexity index is 670. The van der Waals surface area contributed by atoms with Gasteiger partial charge >= 0.3 is 5.97 Å². The maximum absolute atomic E-state index is 12.4. The number of esters is 1. The van der Waals surface area contributed by atoms with Gasteiger partial charge in [-0.25, -0.2) is 0 Å². The van der Waals surface area contributed by atoms with E-state index in [-0.39, 0.29) is 18.0 Å². The van der Waals surface area contributed by atoms with Crippen LogP contribution in [-0.4, -0.2) is 12.1 Å². The van der Waals surface area contributed by atoms with Crippen molar-refractivity contribution < 1.29 is 9.53 Å². The second-order valence-electron chi connectivity index (χ2n) is 13.1. The molecular weight excluding hydrogens is 368 g/mol. The summed E-state index contributed by atoms with van der Waals surface area (Å²) in [4.78, 5) is 12.4. The maximum atomic E-state index is 12.4. The van der Waals surface area contributed by atoms with Gasteiger partial charge in [0, 0.05) is 0 Å². The van der Waals surface area contributed by atoms with Crippen molar-refractivity contribution in [2.75, 3.05) is 0 Å². The first-order chi connectivity index (χ1) is 14.3. The molecule has 30 heavy (non-hydrogen) atoms. The molecule has 5 rings (SSSR count). The molecule has 2 nitrogen and oxygen atoms in total. The number of hydrogen-bond acceptors (Lipinski definition) is 2. The molecule has 0 aromatic heterocycles. The van der Waals surface area contributed by atoms with Gasteiger partial charge in [-0.15, -0.1) is 0 Å². The van der Waals surface area contributed by atoms with Crippen molar-refractivity contribution in [1.82, 2.24) is 0 Å². The van der Waals surface area contributed by atoms with Gasteiger partial charge in [0.2, 0.25) is 0 Å². The lowest BCUT2D eigenvalue weighted by atomic mass is 9.44. The number of ether oxygens (including phenoxy) is 1. The lowest BCUT2D eigenvalue weighted by Crippen LogP contribution is -2.53. The van der Waals surface area contributed by atoms with Crippen molar-refractivity contribution in [1.29, 1.82) is 0 Å². The van der Waals surface area contributed by atoms with Gasteiger partial charge in [-0.3, -0.25) is 4.79 Å². The Balaban J connectivity index is 1.34. The lowest BCUT2D eigenvalue weighted by Gasteiger charge is -2.61. The van der Waals surface area contributed by atoms with Crippen LogP contribution in [-0.2, 0) is 9.53 Å². The van der Waals surface area contributed by atoms with E-state index in [1.807, 2.05) is 0 Å². The Morgan fingerprint density at radius 3 is 2.37 bits per heavy atom. The van der Waals surface area contributed by atoms with Crippen molar-refractivity contribution in [3.63, 3.8) is 0 Å². The molecule has 2 heteroatoms. The molecule has 5 fully saturated rings. The first kappa shape index (κ1) is 21.3. The van der Waals surface area contributed by atoms with Crippen molar-refractivity contribution >= 4 is 5.97 Å². The van der Waals surface area contributed by atoms with Crippen molar-refractivity contribution in [3.05, 3.63) is 0 Å². The summed E-state index contributed by atoms with van der Waals surface area (Å²) in [6.07, 6.45) is 15.8. The predicted molar refractivity (Wildman–Crippen MR) is 122 cm³/mol. The second kappa shape index (κ2) is 7.51. The van der Waals surface area contributed by atoms with E-state index in [9.17, 15) is 4.79 Å². The van der Waals surface area contributed by atoms with Gasteiger partial charge in [-0.1, -0.05) is 47.5 Å². The van der Waals surface area contributed by atoms with Crippen LogP contribution in [0.2, 0.25) is 0 Å². The highest BCUT2D eigenvalue weighted by atomic mass is 16.6. The molecule has 170 valence electrons. The third kappa shape index (κ3) is 3.05. The fourth-order valence-corrected chi connectivity index (χ4v) is 9.96. The van der Waals surface area contributed by atoms with E-state index in [1.165, 1.54) is 64.2 Å². The van der Waals surface area contributed by atoms with E-state index in [0.29, 0.717) is 22.7 Å². The number of rotatable bonds is 3. The minimum absolute atomic E-state index is 0.0776. The monoisotopic (exact) mass is 414 g/mol. The molecule has 0 radical (unpaired) electrons. The molecule has 4 saturated carbocycles. The predicted octanol–water partition coefficient (Wildman–Crippen LogP) is 7.26. The largest absolute Gasteiger partial charge is 0.462 e. The molecule has 0 aromatic carbocycles. The average Bonchev–Trinajstić information content (AvgIpc) is 3.27. The normalized spacial score (nSPS) is 51.8. The minimum atomic E-state index is 0.0776. The van der Waals surface area contributed by atoms with Crippen LogP contribution in [0, 0.1) is 58.2 Å². The molecule has 0 spiro atoms. The summed E-state index contributed by atoms with van der Waals surface area (Å²) in [6.45, 7) is 12.1. The minimum Gasteiger partial charge on any atom is -0.462 e. The zero-order chi connectivity index (χ0) is 21.3. The Labute approximate surface area is 185 Å². The van der Waals surface area contributed by atoms with Gasteiger partial charge in [0.15, 0.2) is 0 Å². The van der Waals surface area contributed by atoms with E-state index in [4.69, 9.17) is 4.74 Å². The summed E-state index contributed by atoms with van der Waals surface area (Å²) in [6, 6.07) is 0. The summed E-state index contributed by atoms with van der Waals surface area (Å²) < 4.78 is 5.99. The molecule has 0 amide bonds. The van der Waals surface area contributed by atoms with Gasteiger partial charge in [0.05, 0.1) is 5.92 Å². The van der Waals surface area contributed by atoms with Gasteiger partial charge < -0.3 is 4.74 Å². The Hall–Kier alpha value is -0.530. The smallest absolute Gasteiger partial charge is 0.309 e. The summed E-state index contributed by atoms with van der Waals surface area (Å²) in [5.74, 6) is 5.75. The maximum Gasteiger partial charge on any atom is 0.309 e. The zero-order valence-corrected chi connectivity index (χ0v) is 20.3. The van der Waals surface area contributed by atoms with Crippen LogP contribution in [0.15, 0.2) is 0 Å². The quantitative estimate of drug-likeness (QED) is 0.454. The Morgan fingerprint density at radius 1 is 0.867 bits per heavy atom. The number of carbonyl (C=O) groups is 1. The molecule has 4 aliphatic carbocycles. The third-order valence-electron chi connectivity index (χ3n) is 11.7. The number of cyclic esters (lactones) is 1. The van der Waals surface area contributed by atoms with E-state index < -0.39 is 0 Å². The molecule has 10 atom stereocenters. The molecule has 5 aliphatic rings. The highest BCUT2D eigenvalue weighted by Crippen LogP contribution is 2.68. The number of hydrogen-bond donors (Lipinski definition) is 0. The van der Waals surface area contributed by atoms with E-state index in [1.54, 1.807) is 0 Å². The first-order valence-electron chi connectivity index (χ1n) is 13.5. The Kier molecular flexibility index (Phi) is 5.34. The molecule has 0 bridgehead atoms. The van der Waals surface area contributed by atoms with E-state index >= 15 is 0 Å². The molecule has 2 unspecified atom stereocenters. The van der Waals surface area contributed by atoms with Crippen molar-refractivity contribution in [3.8, 4) is 0 Å². The Morgan fingerprint density at radius 2 is 1.63 bits per heavy atom. The fraction of sp³-hybridized carbons (Fsp3) is 0.964. The first-order valence-corrected chi connectivity index (χ1v) is 13.5. The number of fused-ring (bicyclic) bond motifs is 5. The van der Waals surface area contributed by atoms with E-state index in [2.05, 4.69) is 34.6 Å². The zero-order valence-electron chi connectivity index (χ0n) is 20.3. The average molecular weight is 415 g/mol. The molecular formula is C28H46O2. The van der Waals surface area contributed by atoms with Crippen LogP contribution in [0.5, 0.6) is 0 Å². The topological polar surface area (TPSA) is 26.3 Å². The standard InChI is InChI=1S/C28H46O2/c1-17(2)21-16-25(30-26(21)29)18(3)22-11-12-23-20-10-9-19-8-6-7-14-27(19,4)24(20)13-15-28(22,23)5/h17-25H,6-16H2,1-5H3/t18-,19?,20-,21-,22+,23-,24-,25?,27-,28+/m0/s1. The fourth-order valence-electron chi connectivity index (χ4n) is 9.96. The van der Waals surface area contributed by atoms with Crippen LogP contribution < -0.4 is 0 Å². The van der Waals surface area contributed by atoms with Crippen LogP contribution in [0.1, 0.15) is 105 Å². The van der Waals surface area contributed by atoms with Gasteiger partial charge in [-0.2, -0.15) is 0 Å². The molecule has 0 aromatic rings. The molecule has 1 aliphatic heterocycles. The van der Waals surface area contributed by atoms with Crippen LogP contribution >= 0.6 is 0 Å². The van der Waals surface area contributed by atoms with Crippen LogP contribution in [0.3, 0.4) is 0 Å². The number of carbonyl (C=O) groups excluding carboxylic acids is 1. The SMILES string of the molecule is CC(C)[C@@H]1CC([C@@H](C)[C@H]2CC[C@H]3[C@@H]4CCC5CCCC[C@]5(C)[C@H]4CC[C@]23C)OC1=O. The van der Waals surface area contributed by atoms with Crippen molar-refractivity contribution in [2.45, 2.75) is 111 Å². The molecule has 0 N–H and O–H groups in total. The van der Waals surface area contributed by atoms with Gasteiger partial charge in [0.1, 0.15) is 6.10 Å². The highest BCUT2D eigenvalue weighted by Gasteiger charge is 2.61. The van der Waals surface area contributed by atoms with Gasteiger partial charge in [-0.05, 0) is 110 Å². The van der Waals surface area contributed by atoms with E-state index in [0.717, 1.165) is 36.0 Å². The van der Waals surface area contributed by atoms with Gasteiger partial charge in [0.25, 0.3) is 0 Å². The van der Waals surface area contributed by atoms with Crippen molar-refractivity contribution in [2.24, 2.45) is 58.2 Å². The summed E-state index contributed by atoms with van der Waals surface area (Å²) in [5.41, 5.74) is 1.11. The summed E-state index contributed by atoms with van der Waals surface area (Å²) >= 11 is 0. The summed E-state index contributed by atoms with van der Waals surface area (Å²) in [5, 5.41) is 0.